The minimum atomic E-state index is -0.933. The van der Waals surface area contributed by atoms with Crippen LogP contribution in [0, 0.1) is 0 Å². The predicted molar refractivity (Wildman–Crippen MR) is 42.9 cm³/mol. The molecule has 0 aliphatic rings. The zero-order chi connectivity index (χ0) is 9.82. The van der Waals surface area contributed by atoms with Crippen LogP contribution in [0.3, 0.4) is 0 Å². The third-order valence-corrected chi connectivity index (χ3v) is 0.834. The van der Waals surface area contributed by atoms with Gasteiger partial charge in [-0.2, -0.15) is 0 Å². The summed E-state index contributed by atoms with van der Waals surface area (Å²) in [5.74, 6) is -0.933. The molecule has 0 aromatic carbocycles. The van der Waals surface area contributed by atoms with Crippen LogP contribution < -0.4 is 0 Å². The van der Waals surface area contributed by atoms with Crippen molar-refractivity contribution in [3.05, 3.63) is 0 Å². The molecule has 0 fully saturated rings. The molecule has 5 nitrogen and oxygen atoms in total. The summed E-state index contributed by atoms with van der Waals surface area (Å²) in [5, 5.41) is 24.0. The predicted octanol–water partition coefficient (Wildman–Crippen LogP) is -0.531. The number of carboxylic acid groups (broad SMARTS) is 1. The summed E-state index contributed by atoms with van der Waals surface area (Å²) in [4.78, 5) is 9.47. The van der Waals surface area contributed by atoms with Gasteiger partial charge >= 0.3 is 5.97 Å². The lowest BCUT2D eigenvalue weighted by Gasteiger charge is -1.85. The number of rotatable bonds is 5. The Morgan fingerprint density at radius 1 is 1.25 bits per heavy atom. The van der Waals surface area contributed by atoms with E-state index in [4.69, 9.17) is 15.3 Å². The van der Waals surface area contributed by atoms with Crippen LogP contribution in [0.25, 0.3) is 0 Å². The average molecular weight is 180 g/mol. The van der Waals surface area contributed by atoms with Gasteiger partial charge < -0.3 is 20.1 Å². The Morgan fingerprint density at radius 3 is 1.75 bits per heavy atom. The molecule has 0 aromatic heterocycles. The summed E-state index contributed by atoms with van der Waals surface area (Å²) < 4.78 is 4.20. The number of unbranched alkanes of at least 4 members (excludes halogenated alkanes) is 1. The van der Waals surface area contributed by atoms with Crippen LogP contribution >= 0.6 is 0 Å². The molecule has 0 aromatic rings. The molecule has 74 valence electrons. The summed E-state index contributed by atoms with van der Waals surface area (Å²) in [6.45, 7) is 0.182. The van der Waals surface area contributed by atoms with Crippen LogP contribution in [-0.2, 0) is 9.53 Å². The van der Waals surface area contributed by atoms with Gasteiger partial charge in [0.2, 0.25) is 0 Å². The number of methoxy groups -OCH3 is 1. The average Bonchev–Trinajstić information content (AvgIpc) is 2.02. The molecular formula is C7H16O5. The first kappa shape index (κ1) is 13.9. The molecule has 12 heavy (non-hydrogen) atoms. The lowest BCUT2D eigenvalue weighted by atomic mass is 10.3. The van der Waals surface area contributed by atoms with Crippen LogP contribution in [-0.4, -0.2) is 48.2 Å². The van der Waals surface area contributed by atoms with E-state index in [0.717, 1.165) is 12.8 Å². The number of aliphatic hydroxyl groups excluding tert-OH is 2. The molecule has 3 N–H and O–H groups in total. The van der Waals surface area contributed by atoms with Crippen LogP contribution in [0.5, 0.6) is 0 Å². The highest BCUT2D eigenvalue weighted by atomic mass is 16.5. The zero-order valence-corrected chi connectivity index (χ0v) is 7.19. The van der Waals surface area contributed by atoms with Crippen LogP contribution in [0.15, 0.2) is 0 Å². The van der Waals surface area contributed by atoms with Gasteiger partial charge in [-0.1, -0.05) is 0 Å². The van der Waals surface area contributed by atoms with Crippen molar-refractivity contribution in [2.24, 2.45) is 0 Å². The molecule has 5 heteroatoms. The van der Waals surface area contributed by atoms with Crippen molar-refractivity contribution in [1.82, 2.24) is 0 Å². The monoisotopic (exact) mass is 180 g/mol. The summed E-state index contributed by atoms with van der Waals surface area (Å²) in [5.41, 5.74) is 0. The van der Waals surface area contributed by atoms with Gasteiger partial charge in [0, 0.05) is 20.3 Å². The van der Waals surface area contributed by atoms with Gasteiger partial charge in [-0.05, 0) is 12.8 Å². The van der Waals surface area contributed by atoms with Crippen molar-refractivity contribution < 1.29 is 24.9 Å². The number of aliphatic carboxylic acids is 1. The summed E-state index contributed by atoms with van der Waals surface area (Å²) in [6.07, 6.45) is 1.44. The molecule has 0 aliphatic carbocycles. The second-order valence-electron chi connectivity index (χ2n) is 1.98. The second kappa shape index (κ2) is 13.0. The Bertz CT molecular complexity index is 89.8. The number of ether oxygens (including phenoxy) is 1. The lowest BCUT2D eigenvalue weighted by Crippen LogP contribution is -2.02. The highest BCUT2D eigenvalue weighted by Gasteiger charge is 1.87. The third kappa shape index (κ3) is 22.8. The zero-order valence-electron chi connectivity index (χ0n) is 7.19. The molecule has 0 saturated carbocycles. The minimum absolute atomic E-state index is 0.195. The SMILES string of the molecule is COCC(=O)O.OCCCCO. The summed E-state index contributed by atoms with van der Waals surface area (Å²) >= 11 is 0. The fourth-order valence-electron chi connectivity index (χ4n) is 0.347. The first-order valence-corrected chi connectivity index (χ1v) is 3.61. The van der Waals surface area contributed by atoms with Crippen molar-refractivity contribution in [3.63, 3.8) is 0 Å². The number of aliphatic hydroxyl groups is 2. The molecule has 0 aliphatic heterocycles. The van der Waals surface area contributed by atoms with Gasteiger partial charge in [-0.25, -0.2) is 4.79 Å². The van der Waals surface area contributed by atoms with Crippen molar-refractivity contribution in [1.29, 1.82) is 0 Å². The second-order valence-corrected chi connectivity index (χ2v) is 1.98. The number of carbonyl (C=O) groups is 1. The molecule has 0 bridgehead atoms. The van der Waals surface area contributed by atoms with E-state index in [9.17, 15) is 4.79 Å². The largest absolute Gasteiger partial charge is 0.480 e. The van der Waals surface area contributed by atoms with E-state index >= 15 is 0 Å². The van der Waals surface area contributed by atoms with Crippen LogP contribution in [0.4, 0.5) is 0 Å². The molecular weight excluding hydrogens is 164 g/mol. The third-order valence-electron chi connectivity index (χ3n) is 0.834. The van der Waals surface area contributed by atoms with Gasteiger partial charge in [0.05, 0.1) is 0 Å². The van der Waals surface area contributed by atoms with Crippen molar-refractivity contribution in [2.45, 2.75) is 12.8 Å². The highest BCUT2D eigenvalue weighted by Crippen LogP contribution is 1.80. The fraction of sp³-hybridized carbons (Fsp3) is 0.857. The van der Waals surface area contributed by atoms with Gasteiger partial charge in [0.25, 0.3) is 0 Å². The van der Waals surface area contributed by atoms with Crippen LogP contribution in [0.1, 0.15) is 12.8 Å². The molecule has 0 saturated heterocycles. The van der Waals surface area contributed by atoms with Gasteiger partial charge in [0.1, 0.15) is 6.61 Å². The van der Waals surface area contributed by atoms with E-state index in [-0.39, 0.29) is 19.8 Å². The lowest BCUT2D eigenvalue weighted by molar-refractivity contribution is -0.141. The van der Waals surface area contributed by atoms with Gasteiger partial charge in [-0.3, -0.25) is 0 Å². The van der Waals surface area contributed by atoms with E-state index in [1.54, 1.807) is 0 Å². The highest BCUT2D eigenvalue weighted by molar-refractivity contribution is 5.67. The summed E-state index contributed by atoms with van der Waals surface area (Å²) in [6, 6.07) is 0. The standard InChI is InChI=1S/C4H10O2.C3H6O3/c5-3-1-2-4-6;1-6-2-3(4)5/h5-6H,1-4H2;2H2,1H3,(H,4,5). The van der Waals surface area contributed by atoms with E-state index in [2.05, 4.69) is 4.74 Å². The smallest absolute Gasteiger partial charge is 0.329 e. The van der Waals surface area contributed by atoms with Gasteiger partial charge in [-0.15, -0.1) is 0 Å². The maximum Gasteiger partial charge on any atom is 0.329 e. The Kier molecular flexibility index (Phi) is 15.0. The number of hydrogen-bond donors (Lipinski definition) is 3. The topological polar surface area (TPSA) is 87.0 Å². The van der Waals surface area contributed by atoms with Crippen molar-refractivity contribution in [2.75, 3.05) is 26.9 Å². The first-order chi connectivity index (χ1) is 5.68. The minimum Gasteiger partial charge on any atom is -0.480 e. The van der Waals surface area contributed by atoms with Gasteiger partial charge in [0.15, 0.2) is 0 Å². The molecule has 0 unspecified atom stereocenters. The number of hydrogen-bond acceptors (Lipinski definition) is 4. The van der Waals surface area contributed by atoms with E-state index in [1.165, 1.54) is 7.11 Å². The maximum absolute atomic E-state index is 9.47. The normalized spacial score (nSPS) is 8.58. The Labute approximate surface area is 71.6 Å². The molecule has 0 amide bonds. The number of carboxylic acids is 1. The Morgan fingerprint density at radius 2 is 1.67 bits per heavy atom. The van der Waals surface area contributed by atoms with Crippen molar-refractivity contribution in [3.8, 4) is 0 Å². The van der Waals surface area contributed by atoms with E-state index in [1.807, 2.05) is 0 Å². The molecule has 0 rings (SSSR count). The molecule has 0 heterocycles. The summed E-state index contributed by atoms with van der Waals surface area (Å²) in [7, 11) is 1.34. The van der Waals surface area contributed by atoms with E-state index < -0.39 is 5.97 Å². The van der Waals surface area contributed by atoms with E-state index in [0.29, 0.717) is 0 Å². The quantitative estimate of drug-likeness (QED) is 0.495. The first-order valence-electron chi connectivity index (χ1n) is 3.61. The molecule has 0 spiro atoms. The Hall–Kier alpha value is -0.650. The van der Waals surface area contributed by atoms with Crippen molar-refractivity contribution >= 4 is 5.97 Å². The molecule has 0 atom stereocenters. The molecule has 0 radical (unpaired) electrons. The Balaban J connectivity index is 0. The van der Waals surface area contributed by atoms with Crippen LogP contribution in [0.2, 0.25) is 0 Å². The maximum atomic E-state index is 9.47. The fourth-order valence-corrected chi connectivity index (χ4v) is 0.347.